The van der Waals surface area contributed by atoms with E-state index in [1.54, 1.807) is 0 Å². The van der Waals surface area contributed by atoms with Crippen molar-refractivity contribution in [3.8, 4) is 0 Å². The monoisotopic (exact) mass is 334 g/mol. The first-order valence-corrected chi connectivity index (χ1v) is 8.16. The van der Waals surface area contributed by atoms with E-state index in [0.717, 1.165) is 23.8 Å². The Kier molecular flexibility index (Phi) is 4.39. The molecule has 124 valence electrons. The minimum atomic E-state index is -0.0854. The number of nitrogens with one attached hydrogen (secondary N) is 2. The number of furan rings is 1. The second kappa shape index (κ2) is 6.17. The molecule has 3 heterocycles. The van der Waals surface area contributed by atoms with Crippen LogP contribution >= 0.6 is 12.4 Å². The molecule has 2 saturated heterocycles. The fourth-order valence-corrected chi connectivity index (χ4v) is 3.85. The molecule has 2 aliphatic heterocycles. The predicted molar refractivity (Wildman–Crippen MR) is 93.4 cm³/mol. The van der Waals surface area contributed by atoms with Gasteiger partial charge in [-0.05, 0) is 68.9 Å². The maximum absolute atomic E-state index is 12.5. The van der Waals surface area contributed by atoms with E-state index >= 15 is 0 Å². The van der Waals surface area contributed by atoms with Crippen molar-refractivity contribution in [1.29, 1.82) is 0 Å². The van der Waals surface area contributed by atoms with Gasteiger partial charge in [0.25, 0.3) is 5.91 Å². The molecule has 23 heavy (non-hydrogen) atoms. The van der Waals surface area contributed by atoms with Crippen molar-refractivity contribution < 1.29 is 9.21 Å². The van der Waals surface area contributed by atoms with Gasteiger partial charge in [-0.2, -0.15) is 0 Å². The average Bonchev–Trinajstić information content (AvgIpc) is 3.03. The Morgan fingerprint density at radius 1 is 1.13 bits per heavy atom. The van der Waals surface area contributed by atoms with Crippen molar-refractivity contribution in [1.82, 2.24) is 10.6 Å². The van der Waals surface area contributed by atoms with Crippen LogP contribution in [0.2, 0.25) is 0 Å². The molecule has 0 aliphatic carbocycles. The number of benzene rings is 1. The highest BCUT2D eigenvalue weighted by molar-refractivity contribution is 5.96. The molecule has 2 unspecified atom stereocenters. The van der Waals surface area contributed by atoms with Crippen molar-refractivity contribution in [2.75, 3.05) is 0 Å². The topological polar surface area (TPSA) is 54.3 Å². The Morgan fingerprint density at radius 2 is 1.78 bits per heavy atom. The Bertz CT molecular complexity index is 689. The molecule has 2 N–H and O–H groups in total. The lowest BCUT2D eigenvalue weighted by atomic mass is 10.00. The van der Waals surface area contributed by atoms with Crippen LogP contribution in [0.4, 0.5) is 0 Å². The highest BCUT2D eigenvalue weighted by Crippen LogP contribution is 2.27. The van der Waals surface area contributed by atoms with Gasteiger partial charge in [0.05, 0.1) is 0 Å². The molecule has 4 nitrogen and oxygen atoms in total. The molecule has 0 spiro atoms. The van der Waals surface area contributed by atoms with Gasteiger partial charge < -0.3 is 15.1 Å². The Morgan fingerprint density at radius 3 is 2.48 bits per heavy atom. The van der Waals surface area contributed by atoms with Crippen molar-refractivity contribution in [2.24, 2.45) is 0 Å². The SMILES string of the molecule is Cc1cc2cc(C(=O)NC3CC4CCC(C3)N4)oc2cc1C.Cl. The number of hydrogen-bond donors (Lipinski definition) is 2. The minimum Gasteiger partial charge on any atom is -0.451 e. The number of fused-ring (bicyclic) bond motifs is 3. The number of carbonyl (C=O) groups is 1. The summed E-state index contributed by atoms with van der Waals surface area (Å²) in [6.07, 6.45) is 4.53. The third-order valence-electron chi connectivity index (χ3n) is 5.16. The second-order valence-electron chi connectivity index (χ2n) is 6.86. The van der Waals surface area contributed by atoms with Crippen LogP contribution in [0.25, 0.3) is 11.0 Å². The highest BCUT2D eigenvalue weighted by atomic mass is 35.5. The lowest BCUT2D eigenvalue weighted by molar-refractivity contribution is 0.0898. The van der Waals surface area contributed by atoms with E-state index < -0.39 is 0 Å². The largest absolute Gasteiger partial charge is 0.451 e. The van der Waals surface area contributed by atoms with Crippen LogP contribution in [0.3, 0.4) is 0 Å². The smallest absolute Gasteiger partial charge is 0.287 e. The number of amides is 1. The van der Waals surface area contributed by atoms with E-state index in [4.69, 9.17) is 4.42 Å². The summed E-state index contributed by atoms with van der Waals surface area (Å²) in [5.74, 6) is 0.337. The summed E-state index contributed by atoms with van der Waals surface area (Å²) in [5.41, 5.74) is 3.19. The summed E-state index contributed by atoms with van der Waals surface area (Å²) < 4.78 is 5.75. The Balaban J connectivity index is 0.00000156. The summed E-state index contributed by atoms with van der Waals surface area (Å²) in [4.78, 5) is 12.5. The predicted octanol–water partition coefficient (Wildman–Crippen LogP) is 3.48. The zero-order chi connectivity index (χ0) is 15.3. The van der Waals surface area contributed by atoms with Gasteiger partial charge in [-0.1, -0.05) is 0 Å². The molecular weight excluding hydrogens is 312 g/mol. The first kappa shape index (κ1) is 16.3. The number of piperidine rings is 1. The molecule has 4 rings (SSSR count). The van der Waals surface area contributed by atoms with Crippen LogP contribution in [0.1, 0.15) is 47.4 Å². The van der Waals surface area contributed by atoms with Gasteiger partial charge in [-0.25, -0.2) is 0 Å². The normalized spacial score (nSPS) is 26.1. The van der Waals surface area contributed by atoms with E-state index in [1.165, 1.54) is 24.0 Å². The molecule has 5 heteroatoms. The van der Waals surface area contributed by atoms with Crippen molar-refractivity contribution in [2.45, 2.75) is 57.7 Å². The van der Waals surface area contributed by atoms with Gasteiger partial charge in [0.2, 0.25) is 0 Å². The van der Waals surface area contributed by atoms with Gasteiger partial charge in [-0.3, -0.25) is 4.79 Å². The standard InChI is InChI=1S/C18H22N2O2.ClH/c1-10-5-12-7-17(22-16(12)6-11(10)2)18(21)20-15-8-13-3-4-14(9-15)19-13;/h5-7,13-15,19H,3-4,8-9H2,1-2H3,(H,20,21);1H. The van der Waals surface area contributed by atoms with Crippen LogP contribution in [-0.4, -0.2) is 24.0 Å². The van der Waals surface area contributed by atoms with Gasteiger partial charge >= 0.3 is 0 Å². The van der Waals surface area contributed by atoms with Crippen LogP contribution in [-0.2, 0) is 0 Å². The molecule has 1 amide bonds. The highest BCUT2D eigenvalue weighted by Gasteiger charge is 2.34. The van der Waals surface area contributed by atoms with Crippen LogP contribution in [0.5, 0.6) is 0 Å². The fraction of sp³-hybridized carbons (Fsp3) is 0.500. The molecule has 1 aromatic carbocycles. The quantitative estimate of drug-likeness (QED) is 0.884. The molecule has 2 atom stereocenters. The number of aryl methyl sites for hydroxylation is 2. The number of hydrogen-bond acceptors (Lipinski definition) is 3. The summed E-state index contributed by atoms with van der Waals surface area (Å²) in [7, 11) is 0. The lowest BCUT2D eigenvalue weighted by Crippen LogP contribution is -2.47. The Hall–Kier alpha value is -1.52. The van der Waals surface area contributed by atoms with Crippen molar-refractivity contribution in [3.63, 3.8) is 0 Å². The van der Waals surface area contributed by atoms with Crippen molar-refractivity contribution in [3.05, 3.63) is 35.1 Å². The number of rotatable bonds is 2. The average molecular weight is 335 g/mol. The summed E-state index contributed by atoms with van der Waals surface area (Å²) in [5, 5.41) is 7.74. The molecule has 0 radical (unpaired) electrons. The zero-order valence-corrected chi connectivity index (χ0v) is 14.3. The zero-order valence-electron chi connectivity index (χ0n) is 13.5. The first-order chi connectivity index (χ1) is 10.6. The maximum atomic E-state index is 12.5. The molecule has 2 bridgehead atoms. The van der Waals surface area contributed by atoms with E-state index in [9.17, 15) is 4.79 Å². The van der Waals surface area contributed by atoms with Gasteiger partial charge in [0, 0.05) is 23.5 Å². The first-order valence-electron chi connectivity index (χ1n) is 8.16. The van der Waals surface area contributed by atoms with Gasteiger partial charge in [0.15, 0.2) is 5.76 Å². The molecule has 2 aliphatic rings. The number of carbonyl (C=O) groups excluding carboxylic acids is 1. The summed E-state index contributed by atoms with van der Waals surface area (Å²) in [6.45, 7) is 4.13. The van der Waals surface area contributed by atoms with Crippen LogP contribution in [0.15, 0.2) is 22.6 Å². The summed E-state index contributed by atoms with van der Waals surface area (Å²) in [6, 6.07) is 7.35. The third-order valence-corrected chi connectivity index (χ3v) is 5.16. The second-order valence-corrected chi connectivity index (χ2v) is 6.86. The van der Waals surface area contributed by atoms with Crippen LogP contribution in [0, 0.1) is 13.8 Å². The molecule has 2 fully saturated rings. The van der Waals surface area contributed by atoms with E-state index in [0.29, 0.717) is 17.8 Å². The van der Waals surface area contributed by atoms with Gasteiger partial charge in [0.1, 0.15) is 5.58 Å². The van der Waals surface area contributed by atoms with Gasteiger partial charge in [-0.15, -0.1) is 12.4 Å². The van der Waals surface area contributed by atoms with E-state index in [2.05, 4.69) is 30.5 Å². The van der Waals surface area contributed by atoms with E-state index in [-0.39, 0.29) is 24.4 Å². The van der Waals surface area contributed by atoms with Crippen LogP contribution < -0.4 is 10.6 Å². The summed E-state index contributed by atoms with van der Waals surface area (Å²) >= 11 is 0. The lowest BCUT2D eigenvalue weighted by Gasteiger charge is -2.29. The molecule has 1 aromatic heterocycles. The molecule has 0 saturated carbocycles. The fourth-order valence-electron chi connectivity index (χ4n) is 3.85. The minimum absolute atomic E-state index is 0. The molecule has 2 aromatic rings. The Labute approximate surface area is 142 Å². The van der Waals surface area contributed by atoms with Crippen molar-refractivity contribution >= 4 is 29.3 Å². The molecular formula is C18H23ClN2O2. The maximum Gasteiger partial charge on any atom is 0.287 e. The third kappa shape index (κ3) is 3.10. The number of halogens is 1. The van der Waals surface area contributed by atoms with E-state index in [1.807, 2.05) is 12.1 Å².